The summed E-state index contributed by atoms with van der Waals surface area (Å²) in [6, 6.07) is 27.4. The molecule has 0 unspecified atom stereocenters. The Kier molecular flexibility index (Phi) is 20.8. The molecule has 0 saturated carbocycles. The zero-order chi connectivity index (χ0) is 52.8. The summed E-state index contributed by atoms with van der Waals surface area (Å²) in [6.45, 7) is 10.8. The highest BCUT2D eigenvalue weighted by molar-refractivity contribution is 5.75. The molecule has 0 aromatic heterocycles. The van der Waals surface area contributed by atoms with Crippen molar-refractivity contribution in [3.05, 3.63) is 108 Å². The van der Waals surface area contributed by atoms with Crippen LogP contribution in [-0.4, -0.2) is 142 Å². The van der Waals surface area contributed by atoms with E-state index in [1.807, 2.05) is 97.9 Å². The average molecular weight is 1020 g/mol. The van der Waals surface area contributed by atoms with Crippen molar-refractivity contribution in [1.29, 1.82) is 0 Å². The molecule has 20 heteroatoms. The van der Waals surface area contributed by atoms with E-state index in [-0.39, 0.29) is 19.8 Å². The van der Waals surface area contributed by atoms with Crippen LogP contribution >= 0.6 is 0 Å². The van der Waals surface area contributed by atoms with Gasteiger partial charge in [-0.25, -0.2) is 0 Å². The van der Waals surface area contributed by atoms with Crippen LogP contribution in [0.5, 0.6) is 0 Å². The molecule has 0 bridgehead atoms. The number of methoxy groups -OCH3 is 1. The molecule has 15 atom stereocenters. The largest absolute Gasteiger partial charge is 0.463 e. The van der Waals surface area contributed by atoms with E-state index >= 15 is 0 Å². The minimum Gasteiger partial charge on any atom is -0.463 e. The maximum absolute atomic E-state index is 13.4. The number of benzene rings is 3. The molecule has 3 heterocycles. The van der Waals surface area contributed by atoms with Crippen molar-refractivity contribution in [2.24, 2.45) is 11.1 Å². The Labute approximate surface area is 425 Å². The number of nitrogens with two attached hydrogens (primary N) is 1. The first-order valence-electron chi connectivity index (χ1n) is 24.2. The minimum atomic E-state index is -1.73. The number of carbonyl (C=O) groups excluding carboxylic acids is 5. The van der Waals surface area contributed by atoms with Gasteiger partial charge in [0.2, 0.25) is 0 Å². The third kappa shape index (κ3) is 16.1. The molecule has 0 radical (unpaired) electrons. The van der Waals surface area contributed by atoms with Crippen LogP contribution in [0.1, 0.15) is 72.1 Å². The number of hydrogen-bond donors (Lipinski definition) is 1. The monoisotopic (exact) mass is 1020 g/mol. The van der Waals surface area contributed by atoms with Crippen molar-refractivity contribution < 1.29 is 90.3 Å². The van der Waals surface area contributed by atoms with Crippen LogP contribution in [0, 0.1) is 5.41 Å². The van der Waals surface area contributed by atoms with Gasteiger partial charge in [-0.2, -0.15) is 0 Å². The Hall–Kier alpha value is -5.39. The normalized spacial score (nSPS) is 30.4. The van der Waals surface area contributed by atoms with Crippen molar-refractivity contribution >= 4 is 29.8 Å². The molecule has 400 valence electrons. The first-order valence-corrected chi connectivity index (χ1v) is 24.2. The predicted octanol–water partition coefficient (Wildman–Crippen LogP) is 4.63. The number of esters is 5. The standard InChI is InChI=1S/C53H69NO19/c1-30-41(62-25-35-19-13-10-14-20-35)45(63-26-36-21-15-11-16-22-36)47(64-27-37-23-17-12-18-24-37)50(66-30)72-42-39(29-65-52(59)53(6,7)8)70-49(60-9)40(54)44(42)73-51-48(69-34(5)58)46(68-33(4)57)43(67-32(3)56)38(71-51)28-61-31(2)55/h10-24,30,38-51H,25-29,54H2,1-9H3/t30-,38+,39+,40+,41+,42+,43-,44+,45+,46-,47-,48+,49+,50-,51-/m0/s1. The van der Waals surface area contributed by atoms with Crippen LogP contribution in [0.4, 0.5) is 0 Å². The molecule has 6 rings (SSSR count). The maximum Gasteiger partial charge on any atom is 0.311 e. The van der Waals surface area contributed by atoms with Crippen molar-refractivity contribution in [3.63, 3.8) is 0 Å². The lowest BCUT2D eigenvalue weighted by Crippen LogP contribution is -2.69. The van der Waals surface area contributed by atoms with Gasteiger partial charge in [0, 0.05) is 34.8 Å². The van der Waals surface area contributed by atoms with Crippen molar-refractivity contribution in [2.45, 2.75) is 167 Å². The summed E-state index contributed by atoms with van der Waals surface area (Å²) >= 11 is 0. The van der Waals surface area contributed by atoms with Gasteiger partial charge in [0.15, 0.2) is 37.2 Å². The van der Waals surface area contributed by atoms with Crippen LogP contribution in [0.2, 0.25) is 0 Å². The van der Waals surface area contributed by atoms with E-state index < -0.39 is 141 Å². The van der Waals surface area contributed by atoms with Gasteiger partial charge in [0.25, 0.3) is 0 Å². The van der Waals surface area contributed by atoms with E-state index in [4.69, 9.17) is 72.0 Å². The minimum absolute atomic E-state index is 0.0728. The third-order valence-corrected chi connectivity index (χ3v) is 12.0. The zero-order valence-corrected chi connectivity index (χ0v) is 42.7. The molecular formula is C53H69NO19. The third-order valence-electron chi connectivity index (χ3n) is 12.0. The summed E-state index contributed by atoms with van der Waals surface area (Å²) in [5.74, 6) is -3.82. The Balaban J connectivity index is 1.45. The highest BCUT2D eigenvalue weighted by Crippen LogP contribution is 2.38. The Morgan fingerprint density at radius 3 is 1.41 bits per heavy atom. The van der Waals surface area contributed by atoms with Gasteiger partial charge in [-0.1, -0.05) is 91.0 Å². The fourth-order valence-electron chi connectivity index (χ4n) is 8.57. The fourth-order valence-corrected chi connectivity index (χ4v) is 8.57. The Bertz CT molecular complexity index is 2230. The SMILES string of the molecule is CO[C@@H]1O[C@H](COC(=O)C(C)(C)C)[C@@H](O[C@@H]2O[C@@H](C)[C@@H](OCc3ccccc3)[C@@H](OCc3ccccc3)[C@@H]2OCc2ccccc2)[C@H](O[C@@H]2O[C@H](COC(C)=O)[C@H](OC(C)=O)[C@H](OC(C)=O)[C@H]2OC(C)=O)[C@H]1N. The summed E-state index contributed by atoms with van der Waals surface area (Å²) in [5, 5.41) is 0. The van der Waals surface area contributed by atoms with E-state index in [1.165, 1.54) is 7.11 Å². The van der Waals surface area contributed by atoms with Gasteiger partial charge < -0.3 is 72.0 Å². The highest BCUT2D eigenvalue weighted by Gasteiger charge is 2.58. The molecule has 0 amide bonds. The molecule has 3 aliphatic rings. The van der Waals surface area contributed by atoms with Crippen LogP contribution < -0.4 is 5.73 Å². The smallest absolute Gasteiger partial charge is 0.311 e. The van der Waals surface area contributed by atoms with Crippen LogP contribution in [0.15, 0.2) is 91.0 Å². The Morgan fingerprint density at radius 2 is 0.918 bits per heavy atom. The second-order valence-electron chi connectivity index (χ2n) is 19.0. The first kappa shape index (κ1) is 56.9. The molecule has 2 N–H and O–H groups in total. The second kappa shape index (κ2) is 26.7. The molecule has 0 spiro atoms. The number of rotatable bonds is 21. The molecule has 20 nitrogen and oxygen atoms in total. The number of hydrogen-bond acceptors (Lipinski definition) is 20. The van der Waals surface area contributed by atoms with Gasteiger partial charge in [-0.05, 0) is 44.4 Å². The van der Waals surface area contributed by atoms with Crippen LogP contribution in [0.25, 0.3) is 0 Å². The van der Waals surface area contributed by atoms with Gasteiger partial charge in [0.05, 0.1) is 37.4 Å². The molecule has 3 aliphatic heterocycles. The van der Waals surface area contributed by atoms with Crippen LogP contribution in [0.3, 0.4) is 0 Å². The summed E-state index contributed by atoms with van der Waals surface area (Å²) in [7, 11) is 1.35. The van der Waals surface area contributed by atoms with Gasteiger partial charge in [-0.15, -0.1) is 0 Å². The zero-order valence-electron chi connectivity index (χ0n) is 42.7. The molecule has 3 saturated heterocycles. The molecule has 3 aromatic carbocycles. The number of carbonyl (C=O) groups is 5. The molecule has 73 heavy (non-hydrogen) atoms. The van der Waals surface area contributed by atoms with E-state index in [2.05, 4.69) is 0 Å². The summed E-state index contributed by atoms with van der Waals surface area (Å²) in [5.41, 5.74) is 8.68. The summed E-state index contributed by atoms with van der Waals surface area (Å²) in [4.78, 5) is 63.8. The van der Waals surface area contributed by atoms with Gasteiger partial charge in [-0.3, -0.25) is 24.0 Å². The Morgan fingerprint density at radius 1 is 0.493 bits per heavy atom. The van der Waals surface area contributed by atoms with Crippen molar-refractivity contribution in [3.8, 4) is 0 Å². The van der Waals surface area contributed by atoms with Crippen molar-refractivity contribution in [1.82, 2.24) is 0 Å². The lowest BCUT2D eigenvalue weighted by molar-refractivity contribution is -0.377. The van der Waals surface area contributed by atoms with Crippen LogP contribution in [-0.2, 0) is 110 Å². The van der Waals surface area contributed by atoms with E-state index in [0.29, 0.717) is 0 Å². The van der Waals surface area contributed by atoms with E-state index in [1.54, 1.807) is 20.8 Å². The molecule has 0 aliphatic carbocycles. The molecule has 3 fully saturated rings. The molecule has 3 aromatic rings. The molecular weight excluding hydrogens is 955 g/mol. The predicted molar refractivity (Wildman–Crippen MR) is 255 cm³/mol. The van der Waals surface area contributed by atoms with E-state index in [0.717, 1.165) is 44.4 Å². The lowest BCUT2D eigenvalue weighted by atomic mass is 9.94. The van der Waals surface area contributed by atoms with Crippen molar-refractivity contribution in [2.75, 3.05) is 20.3 Å². The highest BCUT2D eigenvalue weighted by atomic mass is 16.8. The average Bonchev–Trinajstić information content (AvgIpc) is 3.34. The lowest BCUT2D eigenvalue weighted by Gasteiger charge is -2.51. The topological polar surface area (TPSA) is 241 Å². The van der Waals surface area contributed by atoms with E-state index in [9.17, 15) is 24.0 Å². The first-order chi connectivity index (χ1) is 34.8. The second-order valence-corrected chi connectivity index (χ2v) is 19.0. The number of ether oxygens (including phenoxy) is 14. The summed E-state index contributed by atoms with van der Waals surface area (Å²) in [6.07, 6.45) is -17.9. The van der Waals surface area contributed by atoms with Gasteiger partial charge in [0.1, 0.15) is 55.9 Å². The van der Waals surface area contributed by atoms with Gasteiger partial charge >= 0.3 is 29.8 Å². The quantitative estimate of drug-likeness (QED) is 0.113. The maximum atomic E-state index is 13.4. The fraction of sp³-hybridized carbons (Fsp3) is 0.566. The summed E-state index contributed by atoms with van der Waals surface area (Å²) < 4.78 is 87.8.